The number of rotatable bonds is 15. The van der Waals surface area contributed by atoms with Gasteiger partial charge in [-0.3, -0.25) is 24.0 Å². The fraction of sp³-hybridized carbons (Fsp3) is 0.424. The Morgan fingerprint density at radius 3 is 1.38 bits per heavy atom. The fourth-order valence-corrected chi connectivity index (χ4v) is 14.0. The zero-order valence-corrected chi connectivity index (χ0v) is 48.8. The summed E-state index contributed by atoms with van der Waals surface area (Å²) in [7, 11) is 0. The summed E-state index contributed by atoms with van der Waals surface area (Å²) in [4.78, 5) is 68.8. The first-order valence-electron chi connectivity index (χ1n) is 27.8. The Bertz CT molecular complexity index is 2740. The van der Waals surface area contributed by atoms with Crippen LogP contribution in [0.1, 0.15) is 106 Å². The maximum atomic E-state index is 13.8. The molecule has 1 saturated heterocycles. The molecule has 11 nitrogen and oxygen atoms in total. The molecule has 3 aliphatic rings. The van der Waals surface area contributed by atoms with Gasteiger partial charge in [0.15, 0.2) is 0 Å². The number of carbonyl (C=O) groups excluding carboxylic acids is 5. The minimum atomic E-state index is -2.29. The Balaban J connectivity index is 0.000000194. The van der Waals surface area contributed by atoms with Crippen LogP contribution in [-0.4, -0.2) is 91.0 Å². The van der Waals surface area contributed by atoms with E-state index in [2.05, 4.69) is 119 Å². The summed E-state index contributed by atoms with van der Waals surface area (Å²) in [6, 6.07) is 47.7. The average Bonchev–Trinajstić information content (AvgIpc) is 4.19. The molecule has 1 fully saturated rings. The van der Waals surface area contributed by atoms with Crippen LogP contribution < -0.4 is 25.7 Å². The van der Waals surface area contributed by atoms with Gasteiger partial charge in [0.2, 0.25) is 5.91 Å². The highest BCUT2D eigenvalue weighted by Gasteiger charge is 2.32. The first-order valence-corrected chi connectivity index (χ1v) is 29.7. The van der Waals surface area contributed by atoms with Crippen molar-refractivity contribution in [2.45, 2.75) is 119 Å². The second kappa shape index (κ2) is 28.4. The number of para-hydroxylation sites is 2. The largest absolute Gasteiger partial charge is 0.460 e. The third kappa shape index (κ3) is 17.7. The zero-order valence-electron chi connectivity index (χ0n) is 47.9. The van der Waals surface area contributed by atoms with Gasteiger partial charge in [-0.15, -0.1) is 0 Å². The Kier molecular flexibility index (Phi) is 22.1. The smallest absolute Gasteiger partial charge is 0.307 e. The van der Waals surface area contributed by atoms with Gasteiger partial charge in [0.25, 0.3) is 11.8 Å². The van der Waals surface area contributed by atoms with E-state index in [0.29, 0.717) is 57.5 Å². The van der Waals surface area contributed by atoms with E-state index in [9.17, 15) is 24.0 Å². The highest BCUT2D eigenvalue weighted by molar-refractivity contribution is 7.95. The molecule has 5 aromatic rings. The van der Waals surface area contributed by atoms with Crippen molar-refractivity contribution in [3.05, 3.63) is 163 Å². The second-order valence-electron chi connectivity index (χ2n) is 23.2. The third-order valence-corrected chi connectivity index (χ3v) is 17.4. The zero-order chi connectivity index (χ0) is 56.5. The van der Waals surface area contributed by atoms with E-state index < -0.39 is 18.1 Å². The van der Waals surface area contributed by atoms with Crippen LogP contribution in [0.2, 0.25) is 0 Å². The lowest BCUT2D eigenvalue weighted by molar-refractivity contribution is -0.159. The molecule has 3 heterocycles. The Morgan fingerprint density at radius 2 is 0.949 bits per heavy atom. The molecule has 8 rings (SSSR count). The van der Waals surface area contributed by atoms with Gasteiger partial charge < -0.3 is 28.9 Å². The van der Waals surface area contributed by atoms with E-state index in [1.54, 1.807) is 11.0 Å². The molecule has 0 radical (unpaired) electrons. The SMILES string of the molecule is CC(C)C[C@@H](/C=C/C(=O)N1CCc2ccccc21)CC(=O)OC(C)(C)C.CC(C)C[C@H](CC(=O)OC(C)(C)C)C(=O)N1CCOCC1.O=C(C=P(c1ccccc1)(c1ccccc1)c1ccccc1)N1CCc2ccccc21. The van der Waals surface area contributed by atoms with Gasteiger partial charge in [0.05, 0.1) is 26.1 Å². The molecule has 0 aromatic heterocycles. The summed E-state index contributed by atoms with van der Waals surface area (Å²) in [5, 5.41) is 3.56. The molecule has 0 saturated carbocycles. The van der Waals surface area contributed by atoms with Gasteiger partial charge in [-0.2, -0.15) is 0 Å². The van der Waals surface area contributed by atoms with Crippen molar-refractivity contribution < 1.29 is 38.2 Å². The topological polar surface area (TPSA) is 123 Å². The number of fused-ring (bicyclic) bond motifs is 2. The molecule has 0 aliphatic carbocycles. The van der Waals surface area contributed by atoms with E-state index in [-0.39, 0.29) is 47.9 Å². The summed E-state index contributed by atoms with van der Waals surface area (Å²) >= 11 is 0. The normalized spacial score (nSPS) is 15.1. The van der Waals surface area contributed by atoms with Crippen LogP contribution in [0.5, 0.6) is 0 Å². The lowest BCUT2D eigenvalue weighted by Gasteiger charge is -2.31. The number of hydrogen-bond acceptors (Lipinski definition) is 8. The number of allylic oxidation sites excluding steroid dienone is 1. The van der Waals surface area contributed by atoms with Crippen molar-refractivity contribution in [3.8, 4) is 0 Å². The first-order chi connectivity index (χ1) is 37.1. The van der Waals surface area contributed by atoms with Crippen LogP contribution in [0.25, 0.3) is 0 Å². The summed E-state index contributed by atoms with van der Waals surface area (Å²) in [6.45, 7) is 21.0. The van der Waals surface area contributed by atoms with Crippen molar-refractivity contribution in [2.75, 3.05) is 49.2 Å². The number of nitrogens with zero attached hydrogens (tertiary/aromatic N) is 3. The standard InChI is InChI=1S/C28H24NOP.C22H31NO3.C16H29NO4/c30-28(29-21-20-23-12-10-11-19-27(23)29)22-31(24-13-4-1-5-14-24,25-15-6-2-7-16-25)26-17-8-3-9-18-26;1-16(2)14-17(15-21(25)26-22(3,4)5)10-11-20(24)23-13-12-18-8-6-7-9-19(18)23;1-12(2)10-13(11-14(18)21-16(3,4)5)15(19)17-6-8-20-9-7-17/h1-19,22H,20-21H2;6-11,16-17H,12-15H2,1-5H3;12-13H,6-11H2,1-5H3/b;11-10+;/t;17-;13-/m.11/s1. The predicted octanol–water partition coefficient (Wildman–Crippen LogP) is 11.1. The summed E-state index contributed by atoms with van der Waals surface area (Å²) in [5.41, 5.74) is 3.49. The number of carbonyl (C=O) groups is 5. The van der Waals surface area contributed by atoms with Crippen LogP contribution in [0.3, 0.4) is 0 Å². The van der Waals surface area contributed by atoms with Crippen molar-refractivity contribution >= 4 is 69.6 Å². The van der Waals surface area contributed by atoms with Gasteiger partial charge in [-0.05, 0) is 137 Å². The highest BCUT2D eigenvalue weighted by Crippen LogP contribution is 2.44. The number of ether oxygens (including phenoxy) is 3. The van der Waals surface area contributed by atoms with Crippen LogP contribution in [0, 0.1) is 23.7 Å². The number of amides is 3. The van der Waals surface area contributed by atoms with Crippen LogP contribution in [0.4, 0.5) is 11.4 Å². The number of benzene rings is 5. The third-order valence-electron chi connectivity index (χ3n) is 13.5. The van der Waals surface area contributed by atoms with Gasteiger partial charge in [-0.25, -0.2) is 0 Å². The number of hydrogen-bond donors (Lipinski definition) is 0. The van der Waals surface area contributed by atoms with Crippen molar-refractivity contribution in [3.63, 3.8) is 0 Å². The number of esters is 2. The molecule has 0 spiro atoms. The van der Waals surface area contributed by atoms with Crippen LogP contribution in [-0.2, 0) is 51.0 Å². The molecule has 3 amide bonds. The molecule has 3 aliphatic heterocycles. The molecule has 0 N–H and O–H groups in total. The van der Waals surface area contributed by atoms with Gasteiger partial charge in [0.1, 0.15) is 11.2 Å². The minimum absolute atomic E-state index is 0.00615. The highest BCUT2D eigenvalue weighted by atomic mass is 31.2. The molecular formula is C66H84N3O8P. The van der Waals surface area contributed by atoms with Crippen molar-refractivity contribution in [1.29, 1.82) is 0 Å². The fourth-order valence-electron chi connectivity index (χ4n) is 10.2. The number of morpholine rings is 1. The summed E-state index contributed by atoms with van der Waals surface area (Å²) in [6.07, 6.45) is 7.31. The van der Waals surface area contributed by atoms with Gasteiger partial charge in [0, 0.05) is 49.3 Å². The molecule has 0 unspecified atom stereocenters. The molecular weight excluding hydrogens is 994 g/mol. The quantitative estimate of drug-likeness (QED) is 0.0577. The maximum Gasteiger partial charge on any atom is 0.307 e. The molecule has 2 atom stereocenters. The molecule has 78 heavy (non-hydrogen) atoms. The Labute approximate surface area is 465 Å². The molecule has 0 bridgehead atoms. The Hall–Kier alpha value is -6.55. The minimum Gasteiger partial charge on any atom is -0.460 e. The van der Waals surface area contributed by atoms with E-state index in [1.165, 1.54) is 27.0 Å². The second-order valence-corrected chi connectivity index (χ2v) is 26.4. The number of anilines is 2. The van der Waals surface area contributed by atoms with Crippen LogP contribution >= 0.6 is 6.89 Å². The van der Waals surface area contributed by atoms with Crippen LogP contribution in [0.15, 0.2) is 152 Å². The summed E-state index contributed by atoms with van der Waals surface area (Å²) < 4.78 is 16.1. The monoisotopic (exact) mass is 1080 g/mol. The molecule has 416 valence electrons. The van der Waals surface area contributed by atoms with Gasteiger partial charge in [-0.1, -0.05) is 161 Å². The predicted molar refractivity (Wildman–Crippen MR) is 320 cm³/mol. The van der Waals surface area contributed by atoms with E-state index in [1.807, 2.05) is 112 Å². The first kappa shape index (κ1) is 60.7. The average molecular weight is 1080 g/mol. The van der Waals surface area contributed by atoms with Crippen molar-refractivity contribution in [1.82, 2.24) is 4.90 Å². The van der Waals surface area contributed by atoms with Gasteiger partial charge >= 0.3 is 11.9 Å². The lowest BCUT2D eigenvalue weighted by Crippen LogP contribution is -2.44. The maximum absolute atomic E-state index is 13.8. The van der Waals surface area contributed by atoms with E-state index in [4.69, 9.17) is 14.2 Å². The molecule has 5 aromatic carbocycles. The van der Waals surface area contributed by atoms with Crippen molar-refractivity contribution in [2.24, 2.45) is 23.7 Å². The lowest BCUT2D eigenvalue weighted by atomic mass is 9.92. The molecule has 12 heteroatoms. The van der Waals surface area contributed by atoms with E-state index in [0.717, 1.165) is 37.2 Å². The Morgan fingerprint density at radius 1 is 0.538 bits per heavy atom. The van der Waals surface area contributed by atoms with E-state index >= 15 is 0 Å². The summed E-state index contributed by atoms with van der Waals surface area (Å²) in [5.74, 6) is 2.14.